The van der Waals surface area contributed by atoms with Gasteiger partial charge in [-0.3, -0.25) is 4.79 Å². The highest BCUT2D eigenvalue weighted by Crippen LogP contribution is 2.33. The number of likely N-dealkylation sites (tertiary alicyclic amines) is 1. The molecule has 34 heavy (non-hydrogen) atoms. The standard InChI is InChI=1S/C25H30N6O3/c1-18-2-4-20(5-3-18)31-16-21-22(28-31)26-17-27-23(21)29-10-6-19(7-11-29)24(32)30-12-8-25(9-13-30)33-14-15-34-25/h2-5,16-17,19H,6-15H2,1H3. The van der Waals surface area contributed by atoms with Crippen molar-refractivity contribution in [2.75, 3.05) is 44.3 Å². The molecule has 0 atom stereocenters. The van der Waals surface area contributed by atoms with Gasteiger partial charge in [0.25, 0.3) is 0 Å². The molecule has 5 heterocycles. The number of ether oxygens (including phenoxy) is 2. The smallest absolute Gasteiger partial charge is 0.225 e. The van der Waals surface area contributed by atoms with Gasteiger partial charge in [-0.05, 0) is 31.9 Å². The van der Waals surface area contributed by atoms with Crippen LogP contribution in [-0.2, 0) is 14.3 Å². The van der Waals surface area contributed by atoms with Crippen molar-refractivity contribution in [2.24, 2.45) is 5.92 Å². The number of amides is 1. The molecule has 1 spiro atoms. The largest absolute Gasteiger partial charge is 0.356 e. The summed E-state index contributed by atoms with van der Waals surface area (Å²) in [5.74, 6) is 0.780. The molecule has 3 fully saturated rings. The molecule has 3 aliphatic heterocycles. The highest BCUT2D eigenvalue weighted by atomic mass is 16.7. The van der Waals surface area contributed by atoms with Gasteiger partial charge in [-0.25, -0.2) is 14.6 Å². The summed E-state index contributed by atoms with van der Waals surface area (Å²) in [5.41, 5.74) is 2.89. The first-order chi connectivity index (χ1) is 16.6. The Morgan fingerprint density at radius 3 is 2.41 bits per heavy atom. The maximum atomic E-state index is 13.2. The summed E-state index contributed by atoms with van der Waals surface area (Å²) < 4.78 is 13.5. The minimum absolute atomic E-state index is 0.0586. The van der Waals surface area contributed by atoms with Crippen molar-refractivity contribution in [1.29, 1.82) is 0 Å². The van der Waals surface area contributed by atoms with Gasteiger partial charge in [0.15, 0.2) is 11.4 Å². The molecule has 0 radical (unpaired) electrons. The van der Waals surface area contributed by atoms with Gasteiger partial charge in [0.1, 0.15) is 12.1 Å². The van der Waals surface area contributed by atoms with E-state index >= 15 is 0 Å². The van der Waals surface area contributed by atoms with E-state index in [0.29, 0.717) is 32.0 Å². The monoisotopic (exact) mass is 462 g/mol. The second kappa shape index (κ2) is 8.63. The average Bonchev–Trinajstić information content (AvgIpc) is 3.52. The summed E-state index contributed by atoms with van der Waals surface area (Å²) in [7, 11) is 0. The van der Waals surface area contributed by atoms with Crippen molar-refractivity contribution < 1.29 is 14.3 Å². The number of piperidine rings is 2. The highest BCUT2D eigenvalue weighted by molar-refractivity contribution is 5.87. The van der Waals surface area contributed by atoms with Crippen LogP contribution in [0, 0.1) is 12.8 Å². The van der Waals surface area contributed by atoms with Crippen LogP contribution in [-0.4, -0.2) is 75.7 Å². The highest BCUT2D eigenvalue weighted by Gasteiger charge is 2.42. The summed E-state index contributed by atoms with van der Waals surface area (Å²) >= 11 is 0. The Kier molecular flexibility index (Phi) is 5.45. The molecule has 1 amide bonds. The Labute approximate surface area is 198 Å². The van der Waals surface area contributed by atoms with Crippen LogP contribution in [0.3, 0.4) is 0 Å². The Balaban J connectivity index is 1.12. The van der Waals surface area contributed by atoms with Crippen LogP contribution in [0.15, 0.2) is 36.8 Å². The van der Waals surface area contributed by atoms with Crippen LogP contribution >= 0.6 is 0 Å². The van der Waals surface area contributed by atoms with Crippen molar-refractivity contribution >= 4 is 22.8 Å². The third-order valence-electron chi connectivity index (χ3n) is 7.39. The normalized spacial score (nSPS) is 21.0. The topological polar surface area (TPSA) is 85.6 Å². The first kappa shape index (κ1) is 21.5. The predicted octanol–water partition coefficient (Wildman–Crippen LogP) is 2.71. The third kappa shape index (κ3) is 3.92. The lowest BCUT2D eigenvalue weighted by Gasteiger charge is -2.40. The number of nitrogens with zero attached hydrogens (tertiary/aromatic N) is 6. The van der Waals surface area contributed by atoms with Crippen molar-refractivity contribution in [2.45, 2.75) is 38.4 Å². The lowest BCUT2D eigenvalue weighted by molar-refractivity contribution is -0.188. The fourth-order valence-electron chi connectivity index (χ4n) is 5.36. The summed E-state index contributed by atoms with van der Waals surface area (Å²) in [4.78, 5) is 26.4. The van der Waals surface area contributed by atoms with E-state index in [2.05, 4.69) is 51.2 Å². The maximum absolute atomic E-state index is 13.2. The fourth-order valence-corrected chi connectivity index (χ4v) is 5.36. The van der Waals surface area contributed by atoms with Crippen molar-refractivity contribution in [3.05, 3.63) is 42.4 Å². The summed E-state index contributed by atoms with van der Waals surface area (Å²) in [6.07, 6.45) is 6.76. The maximum Gasteiger partial charge on any atom is 0.225 e. The molecule has 9 heteroatoms. The number of carbonyl (C=O) groups excluding carboxylic acids is 1. The number of aromatic nitrogens is 4. The van der Waals surface area contributed by atoms with Gasteiger partial charge in [-0.2, -0.15) is 0 Å². The molecule has 1 aromatic carbocycles. The molecule has 9 nitrogen and oxygen atoms in total. The Morgan fingerprint density at radius 1 is 1.00 bits per heavy atom. The number of hydrogen-bond donors (Lipinski definition) is 0. The predicted molar refractivity (Wildman–Crippen MR) is 127 cm³/mol. The summed E-state index contributed by atoms with van der Waals surface area (Å²) in [6, 6.07) is 8.26. The van der Waals surface area contributed by atoms with E-state index < -0.39 is 5.79 Å². The molecular formula is C25H30N6O3. The van der Waals surface area contributed by atoms with Crippen LogP contribution in [0.2, 0.25) is 0 Å². The van der Waals surface area contributed by atoms with E-state index in [1.807, 2.05) is 15.8 Å². The number of fused-ring (bicyclic) bond motifs is 1. The van der Waals surface area contributed by atoms with Crippen molar-refractivity contribution in [1.82, 2.24) is 24.6 Å². The van der Waals surface area contributed by atoms with Crippen LogP contribution < -0.4 is 4.90 Å². The number of benzene rings is 1. The van der Waals surface area contributed by atoms with E-state index in [9.17, 15) is 4.79 Å². The van der Waals surface area contributed by atoms with Crippen LogP contribution in [0.5, 0.6) is 0 Å². The van der Waals surface area contributed by atoms with E-state index in [1.54, 1.807) is 6.33 Å². The average molecular weight is 463 g/mol. The molecule has 0 N–H and O–H groups in total. The van der Waals surface area contributed by atoms with Gasteiger partial charge < -0.3 is 19.3 Å². The minimum Gasteiger partial charge on any atom is -0.356 e. The Hall–Kier alpha value is -3.04. The van der Waals surface area contributed by atoms with Crippen LogP contribution in [0.4, 0.5) is 5.82 Å². The van der Waals surface area contributed by atoms with Gasteiger partial charge >= 0.3 is 0 Å². The molecule has 2 aromatic heterocycles. The first-order valence-electron chi connectivity index (χ1n) is 12.2. The molecule has 0 aliphatic carbocycles. The van der Waals surface area contributed by atoms with Gasteiger partial charge in [0.2, 0.25) is 5.91 Å². The summed E-state index contributed by atoms with van der Waals surface area (Å²) in [5, 5.41) is 5.60. The van der Waals surface area contributed by atoms with Crippen LogP contribution in [0.1, 0.15) is 31.2 Å². The summed E-state index contributed by atoms with van der Waals surface area (Å²) in [6.45, 7) is 6.40. The zero-order valence-electron chi connectivity index (χ0n) is 19.5. The van der Waals surface area contributed by atoms with E-state index in [1.165, 1.54) is 5.56 Å². The minimum atomic E-state index is -0.443. The molecule has 0 saturated carbocycles. The molecular weight excluding hydrogens is 432 g/mol. The Morgan fingerprint density at radius 2 is 1.71 bits per heavy atom. The Bertz CT molecular complexity index is 1170. The fraction of sp³-hybridized carbons (Fsp3) is 0.520. The quantitative estimate of drug-likeness (QED) is 0.592. The molecule has 0 bridgehead atoms. The van der Waals surface area contributed by atoms with Gasteiger partial charge in [0.05, 0.1) is 24.3 Å². The number of aryl methyl sites for hydroxylation is 1. The molecule has 6 rings (SSSR count). The second-order valence-corrected chi connectivity index (χ2v) is 9.54. The first-order valence-corrected chi connectivity index (χ1v) is 12.2. The zero-order chi connectivity index (χ0) is 23.1. The van der Waals surface area contributed by atoms with E-state index in [4.69, 9.17) is 9.47 Å². The number of hydrogen-bond acceptors (Lipinski definition) is 7. The lowest BCUT2D eigenvalue weighted by Crippen LogP contribution is -2.50. The van der Waals surface area contributed by atoms with Gasteiger partial charge in [-0.1, -0.05) is 17.7 Å². The molecule has 3 saturated heterocycles. The number of anilines is 1. The van der Waals surface area contributed by atoms with Gasteiger partial charge in [0, 0.05) is 51.1 Å². The molecule has 0 unspecified atom stereocenters. The molecule has 178 valence electrons. The van der Waals surface area contributed by atoms with Crippen LogP contribution in [0.25, 0.3) is 16.7 Å². The van der Waals surface area contributed by atoms with Crippen molar-refractivity contribution in [3.8, 4) is 5.69 Å². The lowest BCUT2D eigenvalue weighted by atomic mass is 9.93. The van der Waals surface area contributed by atoms with Gasteiger partial charge in [-0.15, -0.1) is 5.10 Å². The van der Waals surface area contributed by atoms with E-state index in [0.717, 1.165) is 55.7 Å². The molecule has 3 aliphatic rings. The number of carbonyl (C=O) groups is 1. The second-order valence-electron chi connectivity index (χ2n) is 9.54. The van der Waals surface area contributed by atoms with E-state index in [-0.39, 0.29) is 11.8 Å². The zero-order valence-corrected chi connectivity index (χ0v) is 19.5. The number of rotatable bonds is 3. The molecule has 3 aromatic rings. The third-order valence-corrected chi connectivity index (χ3v) is 7.39. The SMILES string of the molecule is Cc1ccc(-n2cc3c(N4CCC(C(=O)N5CCC6(CC5)OCCO6)CC4)ncnc3n2)cc1. The van der Waals surface area contributed by atoms with Crippen molar-refractivity contribution in [3.63, 3.8) is 0 Å².